The van der Waals surface area contributed by atoms with Gasteiger partial charge in [-0.05, 0) is 12.5 Å². The molecule has 4 nitrogen and oxygen atoms in total. The van der Waals surface area contributed by atoms with Crippen LogP contribution >= 0.6 is 11.3 Å². The number of aryl methyl sites for hydroxylation is 1. The van der Waals surface area contributed by atoms with Crippen molar-refractivity contribution < 1.29 is 4.74 Å². The Morgan fingerprint density at radius 2 is 2.21 bits per heavy atom. The van der Waals surface area contributed by atoms with Crippen LogP contribution in [-0.2, 0) is 17.7 Å². The van der Waals surface area contributed by atoms with E-state index in [9.17, 15) is 4.79 Å². The second-order valence-electron chi connectivity index (χ2n) is 4.86. The summed E-state index contributed by atoms with van der Waals surface area (Å²) in [5.41, 5.74) is 0.0571. The van der Waals surface area contributed by atoms with Gasteiger partial charge in [-0.2, -0.15) is 0 Å². The molecule has 0 aliphatic carbocycles. The highest BCUT2D eigenvalue weighted by Gasteiger charge is 2.15. The van der Waals surface area contributed by atoms with Crippen molar-refractivity contribution in [1.29, 1.82) is 0 Å². The van der Waals surface area contributed by atoms with Crippen LogP contribution in [0.2, 0.25) is 0 Å². The molecular formula is C14H20N2O2S. The zero-order valence-corrected chi connectivity index (χ0v) is 12.7. The number of fused-ring (bicyclic) bond motifs is 1. The van der Waals surface area contributed by atoms with Gasteiger partial charge in [-0.25, -0.2) is 4.98 Å². The molecule has 2 rings (SSSR count). The molecule has 19 heavy (non-hydrogen) atoms. The van der Waals surface area contributed by atoms with Gasteiger partial charge in [-0.15, -0.1) is 11.3 Å². The Morgan fingerprint density at radius 1 is 1.47 bits per heavy atom. The number of nitrogens with zero attached hydrogens (tertiary/aromatic N) is 2. The zero-order valence-electron chi connectivity index (χ0n) is 11.9. The van der Waals surface area contributed by atoms with E-state index in [0.717, 1.165) is 22.5 Å². The van der Waals surface area contributed by atoms with Crippen molar-refractivity contribution in [3.05, 3.63) is 27.1 Å². The monoisotopic (exact) mass is 280 g/mol. The maximum atomic E-state index is 12.6. The molecule has 5 heteroatoms. The summed E-state index contributed by atoms with van der Waals surface area (Å²) in [6.07, 6.45) is 0.940. The van der Waals surface area contributed by atoms with E-state index in [4.69, 9.17) is 4.74 Å². The fourth-order valence-corrected chi connectivity index (χ4v) is 3.06. The molecule has 0 atom stereocenters. The SMILES string of the molecule is CCc1cc2c(=O)n(CCOC)c(C(C)C)nc2s1. The first-order chi connectivity index (χ1) is 9.08. The minimum absolute atomic E-state index is 0.0571. The number of rotatable bonds is 5. The number of aromatic nitrogens is 2. The molecule has 0 aromatic carbocycles. The molecule has 0 saturated carbocycles. The molecule has 0 fully saturated rings. The highest BCUT2D eigenvalue weighted by molar-refractivity contribution is 7.18. The molecule has 104 valence electrons. The largest absolute Gasteiger partial charge is 0.383 e. The van der Waals surface area contributed by atoms with Crippen molar-refractivity contribution in [2.24, 2.45) is 0 Å². The summed E-state index contributed by atoms with van der Waals surface area (Å²) < 4.78 is 6.84. The van der Waals surface area contributed by atoms with Gasteiger partial charge in [0.15, 0.2) is 0 Å². The molecular weight excluding hydrogens is 260 g/mol. The third-order valence-electron chi connectivity index (χ3n) is 3.12. The highest BCUT2D eigenvalue weighted by atomic mass is 32.1. The lowest BCUT2D eigenvalue weighted by Gasteiger charge is -2.14. The first kappa shape index (κ1) is 14.2. The van der Waals surface area contributed by atoms with Crippen LogP contribution in [0.5, 0.6) is 0 Å². The Morgan fingerprint density at radius 3 is 2.79 bits per heavy atom. The first-order valence-corrected chi connectivity index (χ1v) is 7.42. The fraction of sp³-hybridized carbons (Fsp3) is 0.571. The topological polar surface area (TPSA) is 44.1 Å². The van der Waals surface area contributed by atoms with E-state index in [1.54, 1.807) is 23.0 Å². The molecule has 0 saturated heterocycles. The van der Waals surface area contributed by atoms with Gasteiger partial charge in [0.1, 0.15) is 10.7 Å². The second kappa shape index (κ2) is 5.84. The fourth-order valence-electron chi connectivity index (χ4n) is 2.10. The number of thiophene rings is 1. The first-order valence-electron chi connectivity index (χ1n) is 6.60. The van der Waals surface area contributed by atoms with Gasteiger partial charge < -0.3 is 4.74 Å². The van der Waals surface area contributed by atoms with Gasteiger partial charge in [0, 0.05) is 17.9 Å². The van der Waals surface area contributed by atoms with Crippen molar-refractivity contribution in [2.75, 3.05) is 13.7 Å². The maximum Gasteiger partial charge on any atom is 0.262 e. The van der Waals surface area contributed by atoms with Gasteiger partial charge >= 0.3 is 0 Å². The standard InChI is InChI=1S/C14H20N2O2S/c1-5-10-8-11-13(19-10)15-12(9(2)3)16(14(11)17)6-7-18-4/h8-9H,5-7H2,1-4H3. The summed E-state index contributed by atoms with van der Waals surface area (Å²) >= 11 is 1.62. The van der Waals surface area contributed by atoms with Crippen LogP contribution in [0.25, 0.3) is 10.2 Å². The normalized spacial score (nSPS) is 11.6. The van der Waals surface area contributed by atoms with Crippen molar-refractivity contribution in [2.45, 2.75) is 39.7 Å². The van der Waals surface area contributed by atoms with Gasteiger partial charge in [-0.3, -0.25) is 9.36 Å². The van der Waals surface area contributed by atoms with Crippen LogP contribution < -0.4 is 5.56 Å². The van der Waals surface area contributed by atoms with Gasteiger partial charge in [0.2, 0.25) is 0 Å². The van der Waals surface area contributed by atoms with Crippen molar-refractivity contribution in [3.63, 3.8) is 0 Å². The van der Waals surface area contributed by atoms with E-state index in [2.05, 4.69) is 25.8 Å². The predicted molar refractivity (Wildman–Crippen MR) is 79.2 cm³/mol. The molecule has 0 unspecified atom stereocenters. The van der Waals surface area contributed by atoms with E-state index in [1.165, 1.54) is 4.88 Å². The van der Waals surface area contributed by atoms with E-state index in [1.807, 2.05) is 6.07 Å². The van der Waals surface area contributed by atoms with Crippen LogP contribution in [0, 0.1) is 0 Å². The molecule has 2 aromatic heterocycles. The van der Waals surface area contributed by atoms with Crippen LogP contribution in [-0.4, -0.2) is 23.3 Å². The Labute approximate surface area is 117 Å². The maximum absolute atomic E-state index is 12.6. The average molecular weight is 280 g/mol. The number of methoxy groups -OCH3 is 1. The number of hydrogen-bond acceptors (Lipinski definition) is 4. The van der Waals surface area contributed by atoms with Gasteiger partial charge in [0.25, 0.3) is 5.56 Å². The Kier molecular flexibility index (Phi) is 4.37. The summed E-state index contributed by atoms with van der Waals surface area (Å²) in [6, 6.07) is 1.97. The summed E-state index contributed by atoms with van der Waals surface area (Å²) in [7, 11) is 1.64. The number of hydrogen-bond donors (Lipinski definition) is 0. The molecule has 2 aromatic rings. The van der Waals surface area contributed by atoms with Crippen molar-refractivity contribution in [3.8, 4) is 0 Å². The van der Waals surface area contributed by atoms with E-state index in [0.29, 0.717) is 13.2 Å². The van der Waals surface area contributed by atoms with Crippen molar-refractivity contribution in [1.82, 2.24) is 9.55 Å². The minimum Gasteiger partial charge on any atom is -0.383 e. The predicted octanol–water partition coefficient (Wildman–Crippen LogP) is 2.79. The third kappa shape index (κ3) is 2.72. The Bertz CT molecular complexity index is 628. The van der Waals surface area contributed by atoms with E-state index < -0.39 is 0 Å². The minimum atomic E-state index is 0.0571. The van der Waals surface area contributed by atoms with Crippen LogP contribution in [0.3, 0.4) is 0 Å². The molecule has 0 spiro atoms. The molecule has 0 amide bonds. The van der Waals surface area contributed by atoms with E-state index in [-0.39, 0.29) is 11.5 Å². The van der Waals surface area contributed by atoms with Crippen LogP contribution in [0.1, 0.15) is 37.4 Å². The Hall–Kier alpha value is -1.20. The van der Waals surface area contributed by atoms with Crippen LogP contribution in [0.4, 0.5) is 0 Å². The molecule has 0 radical (unpaired) electrons. The lowest BCUT2D eigenvalue weighted by molar-refractivity contribution is 0.184. The summed E-state index contributed by atoms with van der Waals surface area (Å²) in [4.78, 5) is 19.3. The second-order valence-corrected chi connectivity index (χ2v) is 5.97. The lowest BCUT2D eigenvalue weighted by atomic mass is 10.2. The van der Waals surface area contributed by atoms with Crippen molar-refractivity contribution >= 4 is 21.6 Å². The molecule has 0 aliphatic heterocycles. The average Bonchev–Trinajstić information content (AvgIpc) is 2.80. The van der Waals surface area contributed by atoms with Gasteiger partial charge in [0.05, 0.1) is 18.5 Å². The quantitative estimate of drug-likeness (QED) is 0.846. The zero-order chi connectivity index (χ0) is 14.0. The summed E-state index contributed by atoms with van der Waals surface area (Å²) in [6.45, 7) is 7.30. The Balaban J connectivity index is 2.65. The van der Waals surface area contributed by atoms with E-state index >= 15 is 0 Å². The molecule has 0 aliphatic rings. The highest BCUT2D eigenvalue weighted by Crippen LogP contribution is 2.23. The van der Waals surface area contributed by atoms with Crippen LogP contribution in [0.15, 0.2) is 10.9 Å². The summed E-state index contributed by atoms with van der Waals surface area (Å²) in [5.74, 6) is 1.07. The molecule has 0 N–H and O–H groups in total. The lowest BCUT2D eigenvalue weighted by Crippen LogP contribution is -2.27. The summed E-state index contributed by atoms with van der Waals surface area (Å²) in [5, 5.41) is 0.738. The molecule has 2 heterocycles. The van der Waals surface area contributed by atoms with Gasteiger partial charge in [-0.1, -0.05) is 20.8 Å². The number of ether oxygens (including phenoxy) is 1. The molecule has 0 bridgehead atoms. The third-order valence-corrected chi connectivity index (χ3v) is 4.29. The smallest absolute Gasteiger partial charge is 0.262 e.